The van der Waals surface area contributed by atoms with Gasteiger partial charge in [0.1, 0.15) is 0 Å². The predicted octanol–water partition coefficient (Wildman–Crippen LogP) is 1.20. The predicted molar refractivity (Wildman–Crippen MR) is 25.1 cm³/mol. The lowest BCUT2D eigenvalue weighted by Crippen LogP contribution is -1.65. The highest BCUT2D eigenvalue weighted by Crippen LogP contribution is 1.88. The van der Waals surface area contributed by atoms with Crippen LogP contribution in [0.1, 0.15) is 19.3 Å². The van der Waals surface area contributed by atoms with Gasteiger partial charge in [-0.3, -0.25) is 0 Å². The van der Waals surface area contributed by atoms with Crippen molar-refractivity contribution in [2.75, 3.05) is 0 Å². The van der Waals surface area contributed by atoms with Crippen molar-refractivity contribution < 1.29 is 0 Å². The van der Waals surface area contributed by atoms with E-state index in [1.54, 1.807) is 0 Å². The molecular weight excluding hydrogens is 92.0 g/mol. The van der Waals surface area contributed by atoms with Crippen molar-refractivity contribution in [3.8, 4) is 12.1 Å². The summed E-state index contributed by atoms with van der Waals surface area (Å²) in [4.78, 5) is 0. The van der Waals surface area contributed by atoms with Crippen LogP contribution in [0, 0.1) is 22.7 Å². The number of unbranched alkanes of at least 4 members (excludes halogenated alkanes) is 2. The van der Waals surface area contributed by atoms with Gasteiger partial charge in [-0.25, -0.2) is 0 Å². The van der Waals surface area contributed by atoms with E-state index < -0.39 is 0 Å². The van der Waals surface area contributed by atoms with Gasteiger partial charge in [0.05, 0.1) is 12.1 Å². The molecule has 0 aliphatic heterocycles. The molecule has 0 aromatic carbocycles. The van der Waals surface area contributed by atoms with Gasteiger partial charge in [0.2, 0.25) is 0 Å². The number of hydrogen-bond donors (Lipinski definition) is 0. The van der Waals surface area contributed by atoms with Gasteiger partial charge in [-0.15, -0.1) is 0 Å². The van der Waals surface area contributed by atoms with E-state index in [9.17, 15) is 0 Å². The van der Waals surface area contributed by atoms with Crippen molar-refractivity contribution in [2.24, 2.45) is 0 Å². The molecule has 0 spiro atoms. The van der Waals surface area contributed by atoms with Crippen LogP contribution in [0.25, 0.3) is 0 Å². The summed E-state index contributed by atoms with van der Waals surface area (Å²) in [5.74, 6) is 0. The van der Waals surface area contributed by atoms with E-state index >= 15 is 0 Å². The lowest BCUT2D eigenvalue weighted by molar-refractivity contribution is 0.885. The molecular formula is C5H6N2. The Morgan fingerprint density at radius 2 is 1.43 bits per heavy atom. The number of nitrogens with zero attached hydrogens (tertiary/aromatic N) is 2. The molecule has 0 fully saturated rings. The van der Waals surface area contributed by atoms with E-state index in [2.05, 4.69) is 0 Å². The Balaban J connectivity index is 2.77. The molecule has 0 amide bonds. The molecule has 0 saturated heterocycles. The molecule has 0 aliphatic carbocycles. The maximum Gasteiger partial charge on any atom is 0.0622 e. The van der Waals surface area contributed by atoms with Crippen molar-refractivity contribution >= 4 is 0 Å². The minimum absolute atomic E-state index is 0.508. The Morgan fingerprint density at radius 3 is 1.71 bits per heavy atom. The van der Waals surface area contributed by atoms with E-state index in [-0.39, 0.29) is 0 Å². The van der Waals surface area contributed by atoms with Crippen LogP contribution in [0.15, 0.2) is 0 Å². The van der Waals surface area contributed by atoms with Crippen LogP contribution in [-0.2, 0) is 0 Å². The normalized spacial score (nSPS) is 6.57. The van der Waals surface area contributed by atoms with E-state index in [0.717, 1.165) is 0 Å². The molecule has 2 nitrogen and oxygen atoms in total. The standard InChI is InChI=1S/C5H6N2/c6-4-2-1-3-5-7/h1-3H2/i4+1,5+1,6+1,7+1. The van der Waals surface area contributed by atoms with Gasteiger partial charge in [0.25, 0.3) is 0 Å². The smallest absolute Gasteiger partial charge is 0.0622 e. The maximum absolute atomic E-state index is 7.93. The highest BCUT2D eigenvalue weighted by atomic mass is 15.2. The van der Waals surface area contributed by atoms with Gasteiger partial charge in [0, 0.05) is 12.8 Å². The molecule has 0 N–H and O–H groups in total. The number of nitriles is 2. The summed E-state index contributed by atoms with van der Waals surface area (Å²) < 4.78 is 0. The third-order valence-electron chi connectivity index (χ3n) is 0.577. The highest BCUT2D eigenvalue weighted by Gasteiger charge is 1.79. The molecule has 0 unspecified atom stereocenters. The van der Waals surface area contributed by atoms with Gasteiger partial charge in [-0.1, -0.05) is 0 Å². The van der Waals surface area contributed by atoms with E-state index in [1.807, 2.05) is 12.1 Å². The van der Waals surface area contributed by atoms with Crippen LogP contribution in [0.4, 0.5) is 0 Å². The molecule has 0 aromatic rings. The van der Waals surface area contributed by atoms with Crippen LogP contribution in [0.5, 0.6) is 0 Å². The van der Waals surface area contributed by atoms with E-state index in [4.69, 9.17) is 10.5 Å². The minimum Gasteiger partial charge on any atom is -0.198 e. The van der Waals surface area contributed by atoms with Gasteiger partial charge in [-0.05, 0) is 6.42 Å². The average Bonchev–Trinajstić information content (AvgIpc) is 1.69. The highest BCUT2D eigenvalue weighted by molar-refractivity contribution is 4.74. The van der Waals surface area contributed by atoms with Gasteiger partial charge < -0.3 is 0 Å². The van der Waals surface area contributed by atoms with Crippen LogP contribution >= 0.6 is 0 Å². The van der Waals surface area contributed by atoms with Gasteiger partial charge in [-0.2, -0.15) is 10.5 Å². The van der Waals surface area contributed by atoms with Crippen LogP contribution in [0.3, 0.4) is 0 Å². The van der Waals surface area contributed by atoms with Crippen LogP contribution in [-0.4, -0.2) is 0 Å². The molecule has 0 atom stereocenters. The zero-order valence-electron chi connectivity index (χ0n) is 4.02. The van der Waals surface area contributed by atoms with E-state index in [0.29, 0.717) is 19.3 Å². The summed E-state index contributed by atoms with van der Waals surface area (Å²) in [7, 11) is 0. The second-order valence-electron chi connectivity index (χ2n) is 1.17. The number of hydrogen-bond acceptors (Lipinski definition) is 2. The first-order valence-electron chi connectivity index (χ1n) is 2.15. The molecule has 0 bridgehead atoms. The molecule has 36 valence electrons. The lowest BCUT2D eigenvalue weighted by Gasteiger charge is -1.75. The molecule has 0 heterocycles. The number of rotatable bonds is 2. The van der Waals surface area contributed by atoms with Crippen molar-refractivity contribution in [3.63, 3.8) is 0 Å². The van der Waals surface area contributed by atoms with Gasteiger partial charge in [0.15, 0.2) is 0 Å². The fourth-order valence-electron chi connectivity index (χ4n) is 0.247. The fraction of sp³-hybridized carbons (Fsp3) is 0.600. The van der Waals surface area contributed by atoms with Crippen molar-refractivity contribution in [3.05, 3.63) is 0 Å². The van der Waals surface area contributed by atoms with Gasteiger partial charge >= 0.3 is 0 Å². The van der Waals surface area contributed by atoms with Crippen LogP contribution in [0.2, 0.25) is 0 Å². The summed E-state index contributed by atoms with van der Waals surface area (Å²) >= 11 is 0. The summed E-state index contributed by atoms with van der Waals surface area (Å²) in [6.07, 6.45) is 1.73. The van der Waals surface area contributed by atoms with Crippen molar-refractivity contribution in [1.29, 1.82) is 10.5 Å². The zero-order valence-corrected chi connectivity index (χ0v) is 4.02. The third kappa shape index (κ3) is 4.98. The molecule has 0 aliphatic rings. The largest absolute Gasteiger partial charge is 0.198 e. The third-order valence-corrected chi connectivity index (χ3v) is 0.577. The first-order valence-corrected chi connectivity index (χ1v) is 2.15. The second-order valence-corrected chi connectivity index (χ2v) is 1.17. The first-order chi connectivity index (χ1) is 3.41. The Bertz CT molecular complexity index is 90.2. The minimum atomic E-state index is 0.508. The van der Waals surface area contributed by atoms with E-state index in [1.165, 1.54) is 0 Å². The Hall–Kier alpha value is -1.02. The van der Waals surface area contributed by atoms with Crippen molar-refractivity contribution in [1.82, 2.24) is 0 Å². The summed E-state index contributed by atoms with van der Waals surface area (Å²) in [6, 6.07) is 3.90. The molecule has 0 aromatic heterocycles. The zero-order chi connectivity index (χ0) is 5.54. The van der Waals surface area contributed by atoms with Crippen molar-refractivity contribution in [2.45, 2.75) is 19.3 Å². The molecule has 2 heteroatoms. The monoisotopic (exact) mass is 98.1 g/mol. The molecule has 0 rings (SSSR count). The Kier molecular flexibility index (Phi) is 4.25. The van der Waals surface area contributed by atoms with Crippen LogP contribution < -0.4 is 0 Å². The second kappa shape index (κ2) is 4.98. The summed E-state index contributed by atoms with van der Waals surface area (Å²) in [6.45, 7) is 0. The quantitative estimate of drug-likeness (QED) is 0.296. The molecule has 7 heavy (non-hydrogen) atoms. The summed E-state index contributed by atoms with van der Waals surface area (Å²) in [5, 5.41) is 15.9. The Labute approximate surface area is 43.0 Å². The topological polar surface area (TPSA) is 47.6 Å². The summed E-state index contributed by atoms with van der Waals surface area (Å²) in [5.41, 5.74) is 0. The lowest BCUT2D eigenvalue weighted by atomic mass is 10.4. The maximum atomic E-state index is 7.93. The first kappa shape index (κ1) is 5.98. The fourth-order valence-corrected chi connectivity index (χ4v) is 0.247. The average molecular weight is 98.1 g/mol. The Morgan fingerprint density at radius 1 is 1.00 bits per heavy atom. The molecule has 0 radical (unpaired) electrons. The molecule has 0 saturated carbocycles. The SMILES string of the molecule is [15N]#[13C]CCC[13C]#[15N].